The molecule has 0 bridgehead atoms. The Kier molecular flexibility index (Phi) is 4.28. The van der Waals surface area contributed by atoms with Gasteiger partial charge in [0.15, 0.2) is 0 Å². The molecule has 0 amide bonds. The summed E-state index contributed by atoms with van der Waals surface area (Å²) in [5.74, 6) is 0. The summed E-state index contributed by atoms with van der Waals surface area (Å²) < 4.78 is 0. The average molecular weight is 347 g/mol. The van der Waals surface area contributed by atoms with E-state index in [4.69, 9.17) is 4.99 Å². The molecule has 1 N–H and O–H groups in total. The first-order valence-corrected chi connectivity index (χ1v) is 9.33. The molecular formula is C21H21N3S. The van der Waals surface area contributed by atoms with Crippen LogP contribution in [0.25, 0.3) is 0 Å². The maximum atomic E-state index is 4.99. The highest BCUT2D eigenvalue weighted by Gasteiger charge is 2.21. The predicted octanol–water partition coefficient (Wildman–Crippen LogP) is 5.49. The number of nitrogens with zero attached hydrogens (tertiary/aromatic N) is 2. The molecule has 4 rings (SSSR count). The largest absolute Gasteiger partial charge is 0.378 e. The van der Waals surface area contributed by atoms with Crippen LogP contribution in [0.2, 0.25) is 0 Å². The predicted molar refractivity (Wildman–Crippen MR) is 109 cm³/mol. The molecular weight excluding hydrogens is 326 g/mol. The average Bonchev–Trinajstić information content (AvgIpc) is 3.09. The van der Waals surface area contributed by atoms with Crippen LogP contribution in [0.4, 0.5) is 17.1 Å². The third-order valence-corrected chi connectivity index (χ3v) is 5.48. The van der Waals surface area contributed by atoms with Gasteiger partial charge in [0.05, 0.1) is 23.1 Å². The molecule has 126 valence electrons. The SMILES string of the molecule is CN(C)c1ccc(C2=Nc3ccccc3NC(c3cccs3)C2)cc1. The molecule has 0 saturated heterocycles. The zero-order valence-corrected chi connectivity index (χ0v) is 15.3. The van der Waals surface area contributed by atoms with E-state index in [9.17, 15) is 0 Å². The number of para-hydroxylation sites is 2. The molecule has 0 radical (unpaired) electrons. The molecule has 0 fully saturated rings. The van der Waals surface area contributed by atoms with Crippen LogP contribution in [0.5, 0.6) is 0 Å². The summed E-state index contributed by atoms with van der Waals surface area (Å²) in [6.45, 7) is 0. The number of rotatable bonds is 3. The number of hydrogen-bond donors (Lipinski definition) is 1. The lowest BCUT2D eigenvalue weighted by Gasteiger charge is -2.18. The minimum Gasteiger partial charge on any atom is -0.378 e. The van der Waals surface area contributed by atoms with Gasteiger partial charge in [0.2, 0.25) is 0 Å². The highest BCUT2D eigenvalue weighted by atomic mass is 32.1. The Morgan fingerprint density at radius 2 is 1.80 bits per heavy atom. The zero-order valence-electron chi connectivity index (χ0n) is 14.4. The number of nitrogens with one attached hydrogen (secondary N) is 1. The number of benzene rings is 2. The summed E-state index contributed by atoms with van der Waals surface area (Å²) in [6.07, 6.45) is 0.872. The molecule has 1 atom stereocenters. The lowest BCUT2D eigenvalue weighted by Crippen LogP contribution is -2.13. The van der Waals surface area contributed by atoms with E-state index in [1.807, 2.05) is 6.07 Å². The first-order chi connectivity index (χ1) is 12.2. The molecule has 0 saturated carbocycles. The van der Waals surface area contributed by atoms with E-state index in [2.05, 4.69) is 84.3 Å². The molecule has 2 heterocycles. The first kappa shape index (κ1) is 15.9. The van der Waals surface area contributed by atoms with Gasteiger partial charge in [0.25, 0.3) is 0 Å². The summed E-state index contributed by atoms with van der Waals surface area (Å²) in [4.78, 5) is 8.45. The van der Waals surface area contributed by atoms with Crippen molar-refractivity contribution in [2.45, 2.75) is 12.5 Å². The standard InChI is InChI=1S/C21H21N3S/c1-24(2)16-11-9-15(10-12-16)19-14-20(21-8-5-13-25-21)23-18-7-4-3-6-17(18)22-19/h3-13,20,23H,14H2,1-2H3. The van der Waals surface area contributed by atoms with E-state index < -0.39 is 0 Å². The number of aliphatic imine (C=N–C) groups is 1. The fourth-order valence-electron chi connectivity index (χ4n) is 3.11. The van der Waals surface area contributed by atoms with Crippen molar-refractivity contribution in [2.75, 3.05) is 24.3 Å². The van der Waals surface area contributed by atoms with Crippen LogP contribution in [0.1, 0.15) is 22.9 Å². The van der Waals surface area contributed by atoms with Crippen molar-refractivity contribution in [3.05, 3.63) is 76.5 Å². The molecule has 3 nitrogen and oxygen atoms in total. The molecule has 1 aromatic heterocycles. The third kappa shape index (κ3) is 3.30. The van der Waals surface area contributed by atoms with Crippen molar-refractivity contribution in [2.24, 2.45) is 4.99 Å². The molecule has 1 unspecified atom stereocenters. The van der Waals surface area contributed by atoms with Gasteiger partial charge in [-0.2, -0.15) is 0 Å². The van der Waals surface area contributed by atoms with Gasteiger partial charge < -0.3 is 10.2 Å². The highest BCUT2D eigenvalue weighted by molar-refractivity contribution is 7.10. The third-order valence-electron chi connectivity index (χ3n) is 4.49. The van der Waals surface area contributed by atoms with E-state index in [1.54, 1.807) is 11.3 Å². The quantitative estimate of drug-likeness (QED) is 0.678. The van der Waals surface area contributed by atoms with Gasteiger partial charge in [-0.05, 0) is 41.3 Å². The molecule has 25 heavy (non-hydrogen) atoms. The Balaban J connectivity index is 1.75. The second-order valence-electron chi connectivity index (χ2n) is 6.43. The minimum atomic E-state index is 0.246. The number of thiophene rings is 1. The van der Waals surface area contributed by atoms with Crippen molar-refractivity contribution in [3.8, 4) is 0 Å². The van der Waals surface area contributed by atoms with Crippen LogP contribution < -0.4 is 10.2 Å². The maximum Gasteiger partial charge on any atom is 0.0864 e. The Labute approximate surface area is 152 Å². The lowest BCUT2D eigenvalue weighted by molar-refractivity contribution is 0.848. The van der Waals surface area contributed by atoms with Crippen molar-refractivity contribution in [1.29, 1.82) is 0 Å². The maximum absolute atomic E-state index is 4.99. The van der Waals surface area contributed by atoms with Gasteiger partial charge in [-0.15, -0.1) is 11.3 Å². The van der Waals surface area contributed by atoms with Gasteiger partial charge in [-0.3, -0.25) is 4.99 Å². The molecule has 1 aliphatic rings. The Hall–Kier alpha value is -2.59. The van der Waals surface area contributed by atoms with Crippen LogP contribution in [-0.2, 0) is 0 Å². The van der Waals surface area contributed by atoms with E-state index in [-0.39, 0.29) is 6.04 Å². The van der Waals surface area contributed by atoms with E-state index in [0.29, 0.717) is 0 Å². The second-order valence-corrected chi connectivity index (χ2v) is 7.41. The first-order valence-electron chi connectivity index (χ1n) is 8.45. The van der Waals surface area contributed by atoms with Crippen LogP contribution >= 0.6 is 11.3 Å². The highest BCUT2D eigenvalue weighted by Crippen LogP contribution is 2.36. The number of anilines is 2. The van der Waals surface area contributed by atoms with Crippen molar-refractivity contribution >= 4 is 34.1 Å². The summed E-state index contributed by atoms with van der Waals surface area (Å²) in [6, 6.07) is 21.5. The lowest BCUT2D eigenvalue weighted by atomic mass is 10.0. The van der Waals surface area contributed by atoms with E-state index in [0.717, 1.165) is 23.5 Å². The van der Waals surface area contributed by atoms with Gasteiger partial charge in [0, 0.05) is 31.1 Å². The van der Waals surface area contributed by atoms with Crippen molar-refractivity contribution in [1.82, 2.24) is 0 Å². The molecule has 0 aliphatic carbocycles. The normalized spacial score (nSPS) is 16.4. The molecule has 2 aromatic carbocycles. The topological polar surface area (TPSA) is 27.6 Å². The monoisotopic (exact) mass is 347 g/mol. The minimum absolute atomic E-state index is 0.246. The fourth-order valence-corrected chi connectivity index (χ4v) is 3.89. The van der Waals surface area contributed by atoms with Crippen molar-refractivity contribution in [3.63, 3.8) is 0 Å². The Morgan fingerprint density at radius 1 is 1.00 bits per heavy atom. The number of hydrogen-bond acceptors (Lipinski definition) is 4. The van der Waals surface area contributed by atoms with Crippen LogP contribution in [0.15, 0.2) is 71.0 Å². The fraction of sp³-hybridized carbons (Fsp3) is 0.190. The smallest absolute Gasteiger partial charge is 0.0864 e. The Morgan fingerprint density at radius 3 is 2.52 bits per heavy atom. The summed E-state index contributed by atoms with van der Waals surface area (Å²) in [5, 5.41) is 5.81. The summed E-state index contributed by atoms with van der Waals surface area (Å²) in [7, 11) is 4.12. The van der Waals surface area contributed by atoms with Crippen LogP contribution in [-0.4, -0.2) is 19.8 Å². The van der Waals surface area contributed by atoms with Gasteiger partial charge in [-0.1, -0.05) is 30.3 Å². The van der Waals surface area contributed by atoms with Gasteiger partial charge in [0.1, 0.15) is 0 Å². The summed E-state index contributed by atoms with van der Waals surface area (Å²) in [5.41, 5.74) is 5.62. The molecule has 1 aliphatic heterocycles. The Bertz CT molecular complexity index is 880. The van der Waals surface area contributed by atoms with Gasteiger partial charge >= 0.3 is 0 Å². The van der Waals surface area contributed by atoms with Gasteiger partial charge in [-0.25, -0.2) is 0 Å². The summed E-state index contributed by atoms with van der Waals surface area (Å²) >= 11 is 1.79. The van der Waals surface area contributed by atoms with E-state index in [1.165, 1.54) is 16.1 Å². The second kappa shape index (κ2) is 6.73. The molecule has 4 heteroatoms. The van der Waals surface area contributed by atoms with Crippen LogP contribution in [0.3, 0.4) is 0 Å². The van der Waals surface area contributed by atoms with Crippen molar-refractivity contribution < 1.29 is 0 Å². The van der Waals surface area contributed by atoms with E-state index >= 15 is 0 Å². The van der Waals surface area contributed by atoms with Crippen LogP contribution in [0, 0.1) is 0 Å². The zero-order chi connectivity index (χ0) is 17.2. The molecule has 0 spiro atoms. The molecule has 3 aromatic rings. The number of fused-ring (bicyclic) bond motifs is 1.